The van der Waals surface area contributed by atoms with Gasteiger partial charge in [0.25, 0.3) is 0 Å². The Hall–Kier alpha value is -2.14. The Labute approximate surface area is 135 Å². The van der Waals surface area contributed by atoms with Gasteiger partial charge in [0.2, 0.25) is 6.41 Å². The summed E-state index contributed by atoms with van der Waals surface area (Å²) >= 11 is 5.74. The first-order valence-corrected chi connectivity index (χ1v) is 7.08. The number of aryl methyl sites for hydroxylation is 1. The molecule has 0 spiro atoms. The van der Waals surface area contributed by atoms with Crippen molar-refractivity contribution in [2.45, 2.75) is 27.7 Å². The van der Waals surface area contributed by atoms with E-state index in [1.165, 1.54) is 11.0 Å². The lowest BCUT2D eigenvalue weighted by atomic mass is 10.1. The number of halogens is 1. The molecule has 22 heavy (non-hydrogen) atoms. The minimum absolute atomic E-state index is 0.0794. The summed E-state index contributed by atoms with van der Waals surface area (Å²) < 4.78 is 0. The summed E-state index contributed by atoms with van der Waals surface area (Å²) in [6.45, 7) is 6.99. The topological polar surface area (TPSA) is 65.8 Å². The van der Waals surface area contributed by atoms with Crippen molar-refractivity contribution in [2.24, 2.45) is 4.99 Å². The van der Waals surface area contributed by atoms with E-state index in [0.29, 0.717) is 23.5 Å². The Morgan fingerprint density at radius 3 is 2.55 bits per heavy atom. The van der Waals surface area contributed by atoms with E-state index in [4.69, 9.17) is 11.6 Å². The molecular weight excluding hydrogens is 302 g/mol. The van der Waals surface area contributed by atoms with Gasteiger partial charge >= 0.3 is 0 Å². The molecule has 0 bridgehead atoms. The maximum atomic E-state index is 11.5. The number of anilines is 1. The number of aliphatic hydroxyl groups is 1. The molecule has 0 aliphatic heterocycles. The number of nitrogens with zero attached hydrogens (tertiary/aromatic N) is 3. The number of aromatic nitrogens is 1. The summed E-state index contributed by atoms with van der Waals surface area (Å²) in [5.74, 6) is -0.0794. The molecule has 0 radical (unpaired) electrons. The Bertz CT molecular complexity index is 659. The molecule has 1 N–H and O–H groups in total. The highest BCUT2D eigenvalue weighted by Crippen LogP contribution is 2.24. The molecule has 0 aromatic carbocycles. The number of carbonyl (C=O) groups is 1. The quantitative estimate of drug-likeness (QED) is 0.389. The molecule has 0 unspecified atom stereocenters. The van der Waals surface area contributed by atoms with Gasteiger partial charge in [-0.2, -0.15) is 0 Å². The van der Waals surface area contributed by atoms with E-state index in [-0.39, 0.29) is 10.8 Å². The fourth-order valence-corrected chi connectivity index (χ4v) is 1.84. The van der Waals surface area contributed by atoms with Crippen molar-refractivity contribution >= 4 is 29.4 Å². The SMILES string of the molecule is CN=C(C)c1cc(N(C=O)/C(C)=C\C(O)=C(/C)Cl)c(C)cn1. The lowest BCUT2D eigenvalue weighted by molar-refractivity contribution is -0.107. The molecule has 6 heteroatoms. The number of carbonyl (C=O) groups excluding carboxylic acids is 1. The van der Waals surface area contributed by atoms with Gasteiger partial charge in [0.05, 0.1) is 22.1 Å². The summed E-state index contributed by atoms with van der Waals surface area (Å²) in [7, 11) is 1.69. The van der Waals surface area contributed by atoms with Crippen LogP contribution in [0.1, 0.15) is 32.0 Å². The fraction of sp³-hybridized carbons (Fsp3) is 0.312. The van der Waals surface area contributed by atoms with E-state index < -0.39 is 0 Å². The predicted octanol–water partition coefficient (Wildman–Crippen LogP) is 3.72. The number of amides is 1. The first-order chi connectivity index (χ1) is 10.3. The van der Waals surface area contributed by atoms with Crippen LogP contribution in [0.25, 0.3) is 0 Å². The first kappa shape index (κ1) is 17.9. The smallest absolute Gasteiger partial charge is 0.218 e. The zero-order valence-electron chi connectivity index (χ0n) is 13.4. The van der Waals surface area contributed by atoms with Crippen LogP contribution in [0.15, 0.2) is 39.8 Å². The molecule has 118 valence electrons. The Balaban J connectivity index is 3.37. The predicted molar refractivity (Wildman–Crippen MR) is 90.6 cm³/mol. The van der Waals surface area contributed by atoms with Gasteiger partial charge in [0, 0.05) is 25.0 Å². The fourth-order valence-electron chi connectivity index (χ4n) is 1.78. The number of allylic oxidation sites excluding steroid dienone is 3. The van der Waals surface area contributed by atoms with Gasteiger partial charge < -0.3 is 5.11 Å². The van der Waals surface area contributed by atoms with Crippen LogP contribution in [-0.2, 0) is 4.79 Å². The van der Waals surface area contributed by atoms with Crippen molar-refractivity contribution in [3.05, 3.63) is 46.1 Å². The zero-order valence-corrected chi connectivity index (χ0v) is 14.1. The lowest BCUT2D eigenvalue weighted by Crippen LogP contribution is -2.20. The number of hydrogen-bond acceptors (Lipinski definition) is 4. The van der Waals surface area contributed by atoms with E-state index in [0.717, 1.165) is 11.3 Å². The van der Waals surface area contributed by atoms with Crippen molar-refractivity contribution < 1.29 is 9.90 Å². The molecular formula is C16H20ClN3O2. The van der Waals surface area contributed by atoms with E-state index in [1.54, 1.807) is 33.2 Å². The standard InChI is InChI=1S/C16H20ClN3O2/c1-10-8-19-14(13(4)18-5)7-15(10)20(9-21)11(2)6-16(22)12(3)17/h6-9,22H,1-5H3/b11-6-,16-12-,18-13?. The minimum Gasteiger partial charge on any atom is -0.507 e. The molecule has 0 saturated carbocycles. The summed E-state index contributed by atoms with van der Waals surface area (Å²) in [4.78, 5) is 21.3. The normalized spacial score (nSPS) is 13.7. The minimum atomic E-state index is -0.0794. The van der Waals surface area contributed by atoms with Crippen molar-refractivity contribution in [1.82, 2.24) is 4.98 Å². The van der Waals surface area contributed by atoms with E-state index in [2.05, 4.69) is 9.98 Å². The third-order valence-electron chi connectivity index (χ3n) is 3.22. The molecule has 1 amide bonds. The molecule has 0 saturated heterocycles. The monoisotopic (exact) mass is 321 g/mol. The number of pyridine rings is 1. The Morgan fingerprint density at radius 1 is 1.41 bits per heavy atom. The Kier molecular flexibility index (Phi) is 6.31. The summed E-state index contributed by atoms with van der Waals surface area (Å²) in [5.41, 5.74) is 3.51. The van der Waals surface area contributed by atoms with Gasteiger partial charge in [0.1, 0.15) is 5.76 Å². The Morgan fingerprint density at radius 2 is 2.05 bits per heavy atom. The molecule has 0 aliphatic carbocycles. The van der Waals surface area contributed by atoms with Gasteiger partial charge in [-0.25, -0.2) is 0 Å². The number of rotatable bonds is 5. The second-order valence-electron chi connectivity index (χ2n) is 4.84. The van der Waals surface area contributed by atoms with E-state index in [1.807, 2.05) is 13.8 Å². The van der Waals surface area contributed by atoms with Crippen molar-refractivity contribution in [3.63, 3.8) is 0 Å². The van der Waals surface area contributed by atoms with Gasteiger partial charge in [-0.3, -0.25) is 19.7 Å². The van der Waals surface area contributed by atoms with Gasteiger partial charge in [0.15, 0.2) is 0 Å². The van der Waals surface area contributed by atoms with Crippen LogP contribution in [0.4, 0.5) is 5.69 Å². The molecule has 0 aliphatic rings. The van der Waals surface area contributed by atoms with Gasteiger partial charge in [-0.05, 0) is 39.3 Å². The average molecular weight is 322 g/mol. The molecule has 1 rings (SSSR count). The first-order valence-electron chi connectivity index (χ1n) is 6.70. The average Bonchev–Trinajstić information content (AvgIpc) is 2.48. The van der Waals surface area contributed by atoms with Gasteiger partial charge in [-0.1, -0.05) is 11.6 Å². The number of hydrogen-bond donors (Lipinski definition) is 1. The van der Waals surface area contributed by atoms with Gasteiger partial charge in [-0.15, -0.1) is 0 Å². The maximum absolute atomic E-state index is 11.5. The van der Waals surface area contributed by atoms with Crippen LogP contribution >= 0.6 is 11.6 Å². The molecule has 1 aromatic heterocycles. The highest BCUT2D eigenvalue weighted by molar-refractivity contribution is 6.29. The summed E-state index contributed by atoms with van der Waals surface area (Å²) in [6.07, 6.45) is 3.82. The highest BCUT2D eigenvalue weighted by atomic mass is 35.5. The van der Waals surface area contributed by atoms with Crippen LogP contribution in [0.3, 0.4) is 0 Å². The largest absolute Gasteiger partial charge is 0.507 e. The highest BCUT2D eigenvalue weighted by Gasteiger charge is 2.13. The number of aliphatic imine (C=N–C) groups is 1. The molecule has 1 heterocycles. The summed E-state index contributed by atoms with van der Waals surface area (Å²) in [5, 5.41) is 9.99. The van der Waals surface area contributed by atoms with Crippen LogP contribution in [0, 0.1) is 6.92 Å². The molecule has 5 nitrogen and oxygen atoms in total. The molecule has 0 fully saturated rings. The van der Waals surface area contributed by atoms with Crippen molar-refractivity contribution in [2.75, 3.05) is 11.9 Å². The lowest BCUT2D eigenvalue weighted by Gasteiger charge is -2.21. The zero-order chi connectivity index (χ0) is 16.9. The summed E-state index contributed by atoms with van der Waals surface area (Å²) in [6, 6.07) is 1.79. The molecule has 1 aromatic rings. The maximum Gasteiger partial charge on any atom is 0.218 e. The van der Waals surface area contributed by atoms with Crippen LogP contribution < -0.4 is 4.90 Å². The third kappa shape index (κ3) is 4.18. The third-order valence-corrected chi connectivity index (χ3v) is 3.42. The second-order valence-corrected chi connectivity index (χ2v) is 5.41. The van der Waals surface area contributed by atoms with Crippen LogP contribution in [0.2, 0.25) is 0 Å². The second kappa shape index (κ2) is 7.75. The number of aliphatic hydroxyl groups excluding tert-OH is 1. The van der Waals surface area contributed by atoms with Crippen LogP contribution in [0.5, 0.6) is 0 Å². The van der Waals surface area contributed by atoms with E-state index in [9.17, 15) is 9.90 Å². The van der Waals surface area contributed by atoms with E-state index >= 15 is 0 Å². The van der Waals surface area contributed by atoms with Crippen LogP contribution in [-0.4, -0.2) is 29.3 Å². The van der Waals surface area contributed by atoms with Crippen molar-refractivity contribution in [1.29, 1.82) is 0 Å². The van der Waals surface area contributed by atoms with Crippen molar-refractivity contribution in [3.8, 4) is 0 Å². The molecule has 0 atom stereocenters.